The van der Waals surface area contributed by atoms with Crippen LogP contribution in [-0.4, -0.2) is 66.6 Å². The van der Waals surface area contributed by atoms with Crippen molar-refractivity contribution in [1.82, 2.24) is 15.2 Å². The Morgan fingerprint density at radius 2 is 2.00 bits per heavy atom. The summed E-state index contributed by atoms with van der Waals surface area (Å²) in [6.45, 7) is 0.338. The van der Waals surface area contributed by atoms with E-state index < -0.39 is 47.9 Å². The first kappa shape index (κ1) is 30.8. The third kappa shape index (κ3) is 8.61. The van der Waals surface area contributed by atoms with Crippen LogP contribution in [0.4, 0.5) is 26.3 Å². The highest BCUT2D eigenvalue weighted by Gasteiger charge is 2.36. The summed E-state index contributed by atoms with van der Waals surface area (Å²) in [5.74, 6) is -2.18. The number of aromatic nitrogens is 1. The van der Waals surface area contributed by atoms with Crippen molar-refractivity contribution in [2.24, 2.45) is 4.99 Å². The fraction of sp³-hybridized carbons (Fsp3) is 0.400. The number of ether oxygens (including phenoxy) is 1. The SMILES string of the molecule is C/N=C\S/C(=C/C(F)F)C(CNC(=O)c1c(F)cccc1Cl)N1CCC(Oc2ncccc2C(F)(F)F)CC1. The molecule has 0 aliphatic carbocycles. The molecule has 1 aliphatic heterocycles. The lowest BCUT2D eigenvalue weighted by Crippen LogP contribution is -2.49. The van der Waals surface area contributed by atoms with E-state index in [4.69, 9.17) is 16.3 Å². The van der Waals surface area contributed by atoms with Crippen molar-refractivity contribution in [3.8, 4) is 5.88 Å². The minimum atomic E-state index is -4.64. The number of thioether (sulfide) groups is 1. The molecule has 2 heterocycles. The van der Waals surface area contributed by atoms with Gasteiger partial charge in [-0.15, -0.1) is 0 Å². The van der Waals surface area contributed by atoms with Gasteiger partial charge >= 0.3 is 6.18 Å². The number of hydrogen-bond donors (Lipinski definition) is 1. The largest absolute Gasteiger partial charge is 0.474 e. The summed E-state index contributed by atoms with van der Waals surface area (Å²) in [6, 6.07) is 5.05. The van der Waals surface area contributed by atoms with Gasteiger partial charge in [-0.2, -0.15) is 13.2 Å². The molecule has 0 spiro atoms. The molecule has 1 amide bonds. The number of nitrogens with zero attached hydrogens (tertiary/aromatic N) is 3. The fourth-order valence-corrected chi connectivity index (χ4v) is 5.08. The van der Waals surface area contributed by atoms with Crippen molar-refractivity contribution in [2.75, 3.05) is 26.7 Å². The van der Waals surface area contributed by atoms with Gasteiger partial charge in [0, 0.05) is 37.8 Å². The summed E-state index contributed by atoms with van der Waals surface area (Å²) in [7, 11) is 1.47. The van der Waals surface area contributed by atoms with E-state index in [0.29, 0.717) is 0 Å². The molecule has 1 saturated heterocycles. The van der Waals surface area contributed by atoms with E-state index >= 15 is 0 Å². The maximum atomic E-state index is 14.2. The third-order valence-corrected chi connectivity index (χ3v) is 7.14. The number of likely N-dealkylation sites (tertiary alicyclic amines) is 1. The van der Waals surface area contributed by atoms with Gasteiger partial charge in [-0.1, -0.05) is 29.4 Å². The van der Waals surface area contributed by atoms with Gasteiger partial charge < -0.3 is 10.1 Å². The molecule has 212 valence electrons. The number of benzene rings is 1. The number of nitrogens with one attached hydrogen (secondary N) is 1. The van der Waals surface area contributed by atoms with Gasteiger partial charge in [-0.05, 0) is 43.2 Å². The van der Waals surface area contributed by atoms with Crippen LogP contribution < -0.4 is 10.1 Å². The summed E-state index contributed by atoms with van der Waals surface area (Å²) in [5, 5.41) is 2.46. The van der Waals surface area contributed by atoms with E-state index in [1.807, 2.05) is 0 Å². The van der Waals surface area contributed by atoms with Crippen LogP contribution in [-0.2, 0) is 6.18 Å². The molecule has 2 aromatic rings. The molecule has 1 N–H and O–H groups in total. The Bertz CT molecular complexity index is 1170. The predicted molar refractivity (Wildman–Crippen MR) is 138 cm³/mol. The summed E-state index contributed by atoms with van der Waals surface area (Å²) in [4.78, 5) is 22.3. The number of rotatable bonds is 10. The van der Waals surface area contributed by atoms with Gasteiger partial charge in [-0.25, -0.2) is 18.2 Å². The maximum Gasteiger partial charge on any atom is 0.421 e. The minimum absolute atomic E-state index is 0.106. The van der Waals surface area contributed by atoms with Crippen LogP contribution in [0.2, 0.25) is 5.02 Å². The Labute approximate surface area is 230 Å². The molecule has 6 nitrogen and oxygen atoms in total. The lowest BCUT2D eigenvalue weighted by Gasteiger charge is -2.38. The number of amides is 1. The Kier molecular flexibility index (Phi) is 11.1. The second-order valence-corrected chi connectivity index (χ2v) is 9.74. The molecule has 0 radical (unpaired) electrons. The highest BCUT2D eigenvalue weighted by atomic mass is 35.5. The molecule has 1 aliphatic rings. The van der Waals surface area contributed by atoms with Gasteiger partial charge in [0.2, 0.25) is 5.88 Å². The van der Waals surface area contributed by atoms with Crippen molar-refractivity contribution >= 4 is 34.8 Å². The molecule has 14 heteroatoms. The van der Waals surface area contributed by atoms with Crippen LogP contribution in [0.1, 0.15) is 28.8 Å². The van der Waals surface area contributed by atoms with Crippen LogP contribution in [0.15, 0.2) is 52.5 Å². The number of allylic oxidation sites excluding steroid dienone is 1. The van der Waals surface area contributed by atoms with Gasteiger partial charge in [0.05, 0.1) is 22.2 Å². The summed E-state index contributed by atoms with van der Waals surface area (Å²) in [5.41, 5.74) is 0.00655. The zero-order valence-electron chi connectivity index (χ0n) is 20.6. The molecule has 3 rings (SSSR count). The number of alkyl halides is 5. The average molecular weight is 595 g/mol. The summed E-state index contributed by atoms with van der Waals surface area (Å²) in [6.07, 6.45) is -5.56. The minimum Gasteiger partial charge on any atom is -0.474 e. The maximum absolute atomic E-state index is 14.2. The van der Waals surface area contributed by atoms with E-state index in [0.717, 1.165) is 30.0 Å². The first-order valence-corrected chi connectivity index (χ1v) is 13.0. The van der Waals surface area contributed by atoms with E-state index in [1.54, 1.807) is 4.90 Å². The smallest absolute Gasteiger partial charge is 0.421 e. The van der Waals surface area contributed by atoms with Crippen molar-refractivity contribution < 1.29 is 35.9 Å². The van der Waals surface area contributed by atoms with Crippen molar-refractivity contribution in [2.45, 2.75) is 37.6 Å². The van der Waals surface area contributed by atoms with Gasteiger partial charge in [0.1, 0.15) is 17.5 Å². The van der Waals surface area contributed by atoms with Crippen LogP contribution >= 0.6 is 23.4 Å². The van der Waals surface area contributed by atoms with Gasteiger partial charge in [0.15, 0.2) is 0 Å². The normalized spacial score (nSPS) is 16.6. The number of pyridine rings is 1. The molecule has 1 atom stereocenters. The molecule has 1 aromatic heterocycles. The second-order valence-electron chi connectivity index (χ2n) is 8.41. The van der Waals surface area contributed by atoms with E-state index in [2.05, 4.69) is 15.3 Å². The molecule has 1 unspecified atom stereocenters. The Hall–Kier alpha value is -2.77. The Morgan fingerprint density at radius 3 is 2.62 bits per heavy atom. The molecule has 0 bridgehead atoms. The fourth-order valence-electron chi connectivity index (χ4n) is 4.03. The monoisotopic (exact) mass is 594 g/mol. The third-order valence-electron chi connectivity index (χ3n) is 5.83. The van der Waals surface area contributed by atoms with E-state index in [-0.39, 0.29) is 48.0 Å². The first-order valence-electron chi connectivity index (χ1n) is 11.7. The Morgan fingerprint density at radius 1 is 1.28 bits per heavy atom. The van der Waals surface area contributed by atoms with Crippen LogP contribution in [0, 0.1) is 5.82 Å². The van der Waals surface area contributed by atoms with Gasteiger partial charge in [0.25, 0.3) is 12.3 Å². The topological polar surface area (TPSA) is 66.8 Å². The number of aliphatic imine (C=N–C) groups is 1. The van der Waals surface area contributed by atoms with Crippen LogP contribution in [0.3, 0.4) is 0 Å². The lowest BCUT2D eigenvalue weighted by atomic mass is 10.0. The first-order chi connectivity index (χ1) is 18.5. The molecular weight excluding hydrogens is 570 g/mol. The lowest BCUT2D eigenvalue weighted by molar-refractivity contribution is -0.139. The van der Waals surface area contributed by atoms with Gasteiger partial charge in [-0.3, -0.25) is 14.7 Å². The quantitative estimate of drug-likeness (QED) is 0.205. The Balaban J connectivity index is 1.77. The highest BCUT2D eigenvalue weighted by molar-refractivity contribution is 8.15. The highest BCUT2D eigenvalue weighted by Crippen LogP contribution is 2.36. The van der Waals surface area contributed by atoms with E-state index in [9.17, 15) is 31.1 Å². The molecule has 1 aromatic carbocycles. The van der Waals surface area contributed by atoms with Crippen molar-refractivity contribution in [1.29, 1.82) is 0 Å². The molecular formula is C25H25ClF6N4O2S. The zero-order chi connectivity index (χ0) is 28.6. The standard InChI is InChI=1S/C25H25ClF6N4O2S/c1-33-14-39-20(12-21(28)29)19(13-35-23(37)22-17(26)5-2-6-18(22)27)36-10-7-15(8-11-36)38-24-16(25(30,31)32)4-3-9-34-24/h2-6,9,12,14-15,19,21H,7-8,10-11,13H2,1H3,(H,35,37)/b20-12+,33-14-. The zero-order valence-corrected chi connectivity index (χ0v) is 22.2. The molecule has 1 fully saturated rings. The number of carbonyl (C=O) groups excluding carboxylic acids is 1. The molecule has 39 heavy (non-hydrogen) atoms. The number of piperidine rings is 1. The van der Waals surface area contributed by atoms with Crippen LogP contribution in [0.5, 0.6) is 5.88 Å². The number of hydrogen-bond acceptors (Lipinski definition) is 6. The van der Waals surface area contributed by atoms with Crippen molar-refractivity contribution in [3.05, 3.63) is 69.5 Å². The number of halogens is 7. The molecule has 0 saturated carbocycles. The predicted octanol–water partition coefficient (Wildman–Crippen LogP) is 6.08. The van der Waals surface area contributed by atoms with Crippen molar-refractivity contribution in [3.63, 3.8) is 0 Å². The summed E-state index contributed by atoms with van der Waals surface area (Å²) >= 11 is 6.92. The van der Waals surface area contributed by atoms with Crippen LogP contribution in [0.25, 0.3) is 0 Å². The van der Waals surface area contributed by atoms with E-state index in [1.165, 1.54) is 37.0 Å². The average Bonchev–Trinajstić information content (AvgIpc) is 2.87. The second kappa shape index (κ2) is 14.0. The number of carbonyl (C=O) groups is 1. The summed E-state index contributed by atoms with van der Waals surface area (Å²) < 4.78 is 86.6.